The molecule has 3 heteroatoms. The highest BCUT2D eigenvalue weighted by Gasteiger charge is 2.26. The van der Waals surface area contributed by atoms with Gasteiger partial charge in [-0.1, -0.05) is 51.8 Å². The zero-order chi connectivity index (χ0) is 15.1. The minimum Gasteiger partial charge on any atom is -0.326 e. The van der Waals surface area contributed by atoms with E-state index in [0.29, 0.717) is 5.92 Å². The molecule has 0 aromatic heterocycles. The Kier molecular flexibility index (Phi) is 7.17. The van der Waals surface area contributed by atoms with Gasteiger partial charge in [0.2, 0.25) is 0 Å². The summed E-state index contributed by atoms with van der Waals surface area (Å²) in [5.74, 6) is 0.487. The molecule has 0 amide bonds. The largest absolute Gasteiger partial charge is 0.326 e. The fraction of sp³-hybridized carbons (Fsp3) is 0.647. The molecule has 0 aliphatic heterocycles. The molecule has 0 aliphatic rings. The van der Waals surface area contributed by atoms with Crippen LogP contribution in [-0.4, -0.2) is 24.0 Å². The first-order valence-corrected chi connectivity index (χ1v) is 7.79. The third-order valence-corrected chi connectivity index (χ3v) is 4.17. The number of nitrogens with two attached hydrogens (primary N) is 1. The summed E-state index contributed by atoms with van der Waals surface area (Å²) in [4.78, 5) is 2.32. The number of benzene rings is 1. The predicted molar refractivity (Wildman–Crippen MR) is 84.1 cm³/mol. The molecule has 0 saturated carbocycles. The molecule has 2 atom stereocenters. The topological polar surface area (TPSA) is 29.3 Å². The van der Waals surface area contributed by atoms with Gasteiger partial charge in [-0.2, -0.15) is 0 Å². The molecule has 1 aromatic rings. The molecule has 2 unspecified atom stereocenters. The number of nitrogens with zero attached hydrogens (tertiary/aromatic N) is 1. The van der Waals surface area contributed by atoms with Crippen LogP contribution in [0.25, 0.3) is 0 Å². The van der Waals surface area contributed by atoms with Gasteiger partial charge in [0, 0.05) is 18.2 Å². The first-order chi connectivity index (χ1) is 9.54. The fourth-order valence-electron chi connectivity index (χ4n) is 2.85. The second kappa shape index (κ2) is 8.38. The van der Waals surface area contributed by atoms with Crippen LogP contribution in [0.3, 0.4) is 0 Å². The van der Waals surface area contributed by atoms with Crippen LogP contribution in [0.4, 0.5) is 4.39 Å². The minimum atomic E-state index is -0.155. The molecule has 0 spiro atoms. The van der Waals surface area contributed by atoms with Crippen LogP contribution in [0, 0.1) is 11.7 Å². The average molecular weight is 280 g/mol. The van der Waals surface area contributed by atoms with E-state index in [-0.39, 0.29) is 17.9 Å². The van der Waals surface area contributed by atoms with Gasteiger partial charge in [-0.05, 0) is 25.5 Å². The molecule has 0 fully saturated rings. The SMILES string of the molecule is CCC(CC)CN(CC)C(c1ccccc1F)C(C)N. The van der Waals surface area contributed by atoms with Crippen molar-refractivity contribution in [1.82, 2.24) is 4.90 Å². The Labute approximate surface area is 123 Å². The van der Waals surface area contributed by atoms with Gasteiger partial charge in [0.15, 0.2) is 0 Å². The number of rotatable bonds is 8. The summed E-state index contributed by atoms with van der Waals surface area (Å²) in [6.07, 6.45) is 2.30. The highest BCUT2D eigenvalue weighted by atomic mass is 19.1. The van der Waals surface area contributed by atoms with Crippen molar-refractivity contribution in [3.63, 3.8) is 0 Å². The van der Waals surface area contributed by atoms with Crippen LogP contribution >= 0.6 is 0 Å². The second-order valence-electron chi connectivity index (χ2n) is 5.60. The monoisotopic (exact) mass is 280 g/mol. The Morgan fingerprint density at radius 2 is 1.75 bits per heavy atom. The van der Waals surface area contributed by atoms with Gasteiger partial charge in [0.25, 0.3) is 0 Å². The van der Waals surface area contributed by atoms with E-state index in [1.165, 1.54) is 6.07 Å². The Bertz CT molecular complexity index is 388. The van der Waals surface area contributed by atoms with E-state index in [9.17, 15) is 4.39 Å². The lowest BCUT2D eigenvalue weighted by Crippen LogP contribution is -2.42. The first kappa shape index (κ1) is 17.1. The summed E-state index contributed by atoms with van der Waals surface area (Å²) in [6.45, 7) is 10.4. The maximum Gasteiger partial charge on any atom is 0.128 e. The lowest BCUT2D eigenvalue weighted by Gasteiger charge is -2.36. The first-order valence-electron chi connectivity index (χ1n) is 7.79. The molecule has 0 bridgehead atoms. The van der Waals surface area contributed by atoms with Gasteiger partial charge in [-0.15, -0.1) is 0 Å². The van der Waals surface area contributed by atoms with Gasteiger partial charge < -0.3 is 5.73 Å². The molecule has 0 heterocycles. The fourth-order valence-corrected chi connectivity index (χ4v) is 2.85. The van der Waals surface area contributed by atoms with Gasteiger partial charge >= 0.3 is 0 Å². The molecule has 114 valence electrons. The van der Waals surface area contributed by atoms with Crippen LogP contribution in [-0.2, 0) is 0 Å². The summed E-state index contributed by atoms with van der Waals surface area (Å²) in [6, 6.07) is 6.85. The Morgan fingerprint density at radius 3 is 2.20 bits per heavy atom. The van der Waals surface area contributed by atoms with E-state index >= 15 is 0 Å². The van der Waals surface area contributed by atoms with Crippen molar-refractivity contribution in [3.8, 4) is 0 Å². The molecule has 1 rings (SSSR count). The lowest BCUT2D eigenvalue weighted by molar-refractivity contribution is 0.150. The van der Waals surface area contributed by atoms with Crippen molar-refractivity contribution in [2.75, 3.05) is 13.1 Å². The van der Waals surface area contributed by atoms with Gasteiger partial charge in [-0.3, -0.25) is 4.90 Å². The summed E-state index contributed by atoms with van der Waals surface area (Å²) in [5.41, 5.74) is 6.88. The van der Waals surface area contributed by atoms with E-state index in [4.69, 9.17) is 5.73 Å². The lowest BCUT2D eigenvalue weighted by atomic mass is 9.95. The van der Waals surface area contributed by atoms with Crippen molar-refractivity contribution >= 4 is 0 Å². The van der Waals surface area contributed by atoms with E-state index in [1.54, 1.807) is 6.07 Å². The van der Waals surface area contributed by atoms with Crippen molar-refractivity contribution in [2.24, 2.45) is 11.7 Å². The highest BCUT2D eigenvalue weighted by molar-refractivity contribution is 5.22. The van der Waals surface area contributed by atoms with Gasteiger partial charge in [-0.25, -0.2) is 4.39 Å². The number of likely N-dealkylation sites (N-methyl/N-ethyl adjacent to an activating group) is 1. The quantitative estimate of drug-likeness (QED) is 0.780. The molecular weight excluding hydrogens is 251 g/mol. The Balaban J connectivity index is 3.02. The summed E-state index contributed by atoms with van der Waals surface area (Å²) >= 11 is 0. The molecule has 2 N–H and O–H groups in total. The number of hydrogen-bond acceptors (Lipinski definition) is 2. The maximum absolute atomic E-state index is 14.1. The predicted octanol–water partition coefficient (Wildman–Crippen LogP) is 3.97. The summed E-state index contributed by atoms with van der Waals surface area (Å²) in [7, 11) is 0. The minimum absolute atomic E-state index is 0.0539. The standard InChI is InChI=1S/C17H29FN2/c1-5-14(6-2)12-20(7-3)17(13(4)19)15-10-8-9-11-16(15)18/h8-11,13-14,17H,5-7,12,19H2,1-4H3. The zero-order valence-electron chi connectivity index (χ0n) is 13.3. The highest BCUT2D eigenvalue weighted by Crippen LogP contribution is 2.27. The van der Waals surface area contributed by atoms with E-state index < -0.39 is 0 Å². The normalized spacial score (nSPS) is 14.8. The molecule has 0 aliphatic carbocycles. The Morgan fingerprint density at radius 1 is 1.15 bits per heavy atom. The van der Waals surface area contributed by atoms with Crippen LogP contribution in [0.2, 0.25) is 0 Å². The van der Waals surface area contributed by atoms with E-state index in [0.717, 1.165) is 31.5 Å². The molecule has 2 nitrogen and oxygen atoms in total. The van der Waals surface area contributed by atoms with Crippen LogP contribution in [0.5, 0.6) is 0 Å². The molecule has 1 aromatic carbocycles. The van der Waals surface area contributed by atoms with E-state index in [2.05, 4.69) is 25.7 Å². The Hall–Kier alpha value is -0.930. The number of halogens is 1. The molecule has 0 radical (unpaired) electrons. The average Bonchev–Trinajstić information content (AvgIpc) is 2.44. The zero-order valence-corrected chi connectivity index (χ0v) is 13.3. The van der Waals surface area contributed by atoms with Gasteiger partial charge in [0.05, 0.1) is 6.04 Å². The third kappa shape index (κ3) is 4.29. The molecular formula is C17H29FN2. The van der Waals surface area contributed by atoms with Crippen LogP contribution < -0.4 is 5.73 Å². The third-order valence-electron chi connectivity index (χ3n) is 4.17. The van der Waals surface area contributed by atoms with Crippen molar-refractivity contribution in [2.45, 2.75) is 52.6 Å². The molecule has 0 saturated heterocycles. The smallest absolute Gasteiger partial charge is 0.128 e. The van der Waals surface area contributed by atoms with Gasteiger partial charge in [0.1, 0.15) is 5.82 Å². The summed E-state index contributed by atoms with van der Waals surface area (Å²) in [5, 5.41) is 0. The van der Waals surface area contributed by atoms with Crippen molar-refractivity contribution in [3.05, 3.63) is 35.6 Å². The maximum atomic E-state index is 14.1. The van der Waals surface area contributed by atoms with Crippen molar-refractivity contribution < 1.29 is 4.39 Å². The number of hydrogen-bond donors (Lipinski definition) is 1. The second-order valence-corrected chi connectivity index (χ2v) is 5.60. The van der Waals surface area contributed by atoms with E-state index in [1.807, 2.05) is 19.1 Å². The summed E-state index contributed by atoms with van der Waals surface area (Å²) < 4.78 is 14.1. The van der Waals surface area contributed by atoms with Crippen molar-refractivity contribution in [1.29, 1.82) is 0 Å². The van der Waals surface area contributed by atoms with Crippen LogP contribution in [0.15, 0.2) is 24.3 Å². The molecule has 20 heavy (non-hydrogen) atoms. The van der Waals surface area contributed by atoms with Crippen LogP contribution in [0.1, 0.15) is 52.1 Å².